The van der Waals surface area contributed by atoms with Crippen LogP contribution < -0.4 is 5.32 Å². The molecule has 1 aliphatic heterocycles. The zero-order chi connectivity index (χ0) is 8.86. The van der Waals surface area contributed by atoms with Crippen LogP contribution in [0.3, 0.4) is 0 Å². The molecule has 1 rings (SSSR count). The van der Waals surface area contributed by atoms with Crippen molar-refractivity contribution in [3.63, 3.8) is 0 Å². The number of hydrogen-bond acceptors (Lipinski definition) is 3. The van der Waals surface area contributed by atoms with Gasteiger partial charge in [-0.1, -0.05) is 6.92 Å². The average Bonchev–Trinajstić information content (AvgIpc) is 2.01. The van der Waals surface area contributed by atoms with Crippen molar-refractivity contribution in [1.29, 1.82) is 0 Å². The smallest absolute Gasteiger partial charge is 0.0903 e. The molecule has 0 unspecified atom stereocenters. The summed E-state index contributed by atoms with van der Waals surface area (Å²) in [5.74, 6) is 0. The summed E-state index contributed by atoms with van der Waals surface area (Å²) >= 11 is 0. The van der Waals surface area contributed by atoms with E-state index in [1.165, 1.54) is 0 Å². The topological polar surface area (TPSA) is 30.5 Å². The van der Waals surface area contributed by atoms with Gasteiger partial charge < -0.3 is 14.8 Å². The van der Waals surface area contributed by atoms with Crippen LogP contribution >= 0.6 is 0 Å². The Morgan fingerprint density at radius 2 is 2.00 bits per heavy atom. The van der Waals surface area contributed by atoms with Crippen molar-refractivity contribution in [2.75, 3.05) is 32.9 Å². The second kappa shape index (κ2) is 4.80. The molecular formula is C9H19NO2. The molecule has 0 aromatic heterocycles. The Labute approximate surface area is 74.4 Å². The standard InChI is InChI=1S/C9H19NO2/c1-3-4-11-5-6-12-9(2)7-10-8-9/h10H,3-8H2,1-2H3. The largest absolute Gasteiger partial charge is 0.379 e. The van der Waals surface area contributed by atoms with Crippen LogP contribution in [0.15, 0.2) is 0 Å². The second-order valence-corrected chi connectivity index (χ2v) is 3.51. The maximum absolute atomic E-state index is 5.62. The third-order valence-corrected chi connectivity index (χ3v) is 2.02. The van der Waals surface area contributed by atoms with Gasteiger partial charge in [0.1, 0.15) is 0 Å². The summed E-state index contributed by atoms with van der Waals surface area (Å²) in [6.07, 6.45) is 1.08. The zero-order valence-electron chi connectivity index (χ0n) is 8.06. The van der Waals surface area contributed by atoms with Crippen molar-refractivity contribution in [3.8, 4) is 0 Å². The van der Waals surface area contributed by atoms with E-state index in [1.807, 2.05) is 0 Å². The molecule has 0 aliphatic carbocycles. The van der Waals surface area contributed by atoms with Crippen molar-refractivity contribution in [1.82, 2.24) is 5.32 Å². The summed E-state index contributed by atoms with van der Waals surface area (Å²) in [5, 5.41) is 3.19. The molecule has 3 heteroatoms. The summed E-state index contributed by atoms with van der Waals surface area (Å²) in [7, 11) is 0. The first-order valence-corrected chi connectivity index (χ1v) is 4.69. The molecule has 0 atom stereocenters. The highest BCUT2D eigenvalue weighted by molar-refractivity contribution is 4.89. The van der Waals surface area contributed by atoms with Gasteiger partial charge in [0.25, 0.3) is 0 Å². The van der Waals surface area contributed by atoms with E-state index >= 15 is 0 Å². The SMILES string of the molecule is CCCOCCOC1(C)CNC1. The van der Waals surface area contributed by atoms with Gasteiger partial charge in [-0.05, 0) is 13.3 Å². The Morgan fingerprint density at radius 1 is 1.25 bits per heavy atom. The van der Waals surface area contributed by atoms with Gasteiger partial charge in [0.2, 0.25) is 0 Å². The van der Waals surface area contributed by atoms with Gasteiger partial charge in [-0.3, -0.25) is 0 Å². The molecule has 12 heavy (non-hydrogen) atoms. The molecule has 0 saturated carbocycles. The Kier molecular flexibility index (Phi) is 3.98. The Bertz CT molecular complexity index is 124. The van der Waals surface area contributed by atoms with Crippen molar-refractivity contribution < 1.29 is 9.47 Å². The molecule has 0 amide bonds. The fourth-order valence-electron chi connectivity index (χ4n) is 1.17. The molecule has 1 fully saturated rings. The van der Waals surface area contributed by atoms with Gasteiger partial charge >= 0.3 is 0 Å². The van der Waals surface area contributed by atoms with E-state index < -0.39 is 0 Å². The van der Waals surface area contributed by atoms with Gasteiger partial charge in [0.15, 0.2) is 0 Å². The maximum atomic E-state index is 5.62. The third-order valence-electron chi connectivity index (χ3n) is 2.02. The van der Waals surface area contributed by atoms with Crippen molar-refractivity contribution in [3.05, 3.63) is 0 Å². The van der Waals surface area contributed by atoms with Crippen molar-refractivity contribution in [2.45, 2.75) is 25.9 Å². The lowest BCUT2D eigenvalue weighted by Crippen LogP contribution is -2.59. The highest BCUT2D eigenvalue weighted by Gasteiger charge is 2.31. The summed E-state index contributed by atoms with van der Waals surface area (Å²) in [4.78, 5) is 0. The number of ether oxygens (including phenoxy) is 2. The fraction of sp³-hybridized carbons (Fsp3) is 1.00. The first-order valence-electron chi connectivity index (χ1n) is 4.69. The molecule has 1 N–H and O–H groups in total. The monoisotopic (exact) mass is 173 g/mol. The number of nitrogens with one attached hydrogen (secondary N) is 1. The minimum absolute atomic E-state index is 0.0789. The summed E-state index contributed by atoms with van der Waals surface area (Å²) < 4.78 is 10.9. The minimum Gasteiger partial charge on any atom is -0.379 e. The molecule has 0 bridgehead atoms. The highest BCUT2D eigenvalue weighted by atomic mass is 16.5. The molecule has 0 aromatic rings. The van der Waals surface area contributed by atoms with Gasteiger partial charge in [0, 0.05) is 19.7 Å². The van der Waals surface area contributed by atoms with Crippen LogP contribution in [-0.2, 0) is 9.47 Å². The fourth-order valence-corrected chi connectivity index (χ4v) is 1.17. The minimum atomic E-state index is 0.0789. The van der Waals surface area contributed by atoms with E-state index in [1.54, 1.807) is 0 Å². The lowest BCUT2D eigenvalue weighted by atomic mass is 10.0. The van der Waals surface area contributed by atoms with E-state index in [0.717, 1.165) is 39.3 Å². The first-order chi connectivity index (χ1) is 5.77. The lowest BCUT2D eigenvalue weighted by Gasteiger charge is -2.39. The number of rotatable bonds is 6. The molecular weight excluding hydrogens is 154 g/mol. The molecule has 1 aliphatic rings. The highest BCUT2D eigenvalue weighted by Crippen LogP contribution is 2.14. The number of hydrogen-bond donors (Lipinski definition) is 1. The summed E-state index contributed by atoms with van der Waals surface area (Å²) in [6, 6.07) is 0. The third kappa shape index (κ3) is 3.09. The second-order valence-electron chi connectivity index (χ2n) is 3.51. The van der Waals surface area contributed by atoms with Crippen LogP contribution in [0.4, 0.5) is 0 Å². The molecule has 1 heterocycles. The van der Waals surface area contributed by atoms with E-state index in [0.29, 0.717) is 0 Å². The Balaban J connectivity index is 1.88. The lowest BCUT2D eigenvalue weighted by molar-refractivity contribution is -0.0846. The quantitative estimate of drug-likeness (QED) is 0.602. The van der Waals surface area contributed by atoms with E-state index in [-0.39, 0.29) is 5.60 Å². The van der Waals surface area contributed by atoms with Crippen LogP contribution in [0.1, 0.15) is 20.3 Å². The van der Waals surface area contributed by atoms with Crippen molar-refractivity contribution in [2.24, 2.45) is 0 Å². The average molecular weight is 173 g/mol. The Hall–Kier alpha value is -0.120. The normalized spacial score (nSPS) is 20.5. The van der Waals surface area contributed by atoms with Crippen LogP contribution in [0.2, 0.25) is 0 Å². The Morgan fingerprint density at radius 3 is 2.50 bits per heavy atom. The van der Waals surface area contributed by atoms with Crippen molar-refractivity contribution >= 4 is 0 Å². The summed E-state index contributed by atoms with van der Waals surface area (Å²) in [5.41, 5.74) is 0.0789. The predicted molar refractivity (Wildman–Crippen MR) is 48.3 cm³/mol. The van der Waals surface area contributed by atoms with E-state index in [4.69, 9.17) is 9.47 Å². The molecule has 3 nitrogen and oxygen atoms in total. The van der Waals surface area contributed by atoms with E-state index in [2.05, 4.69) is 19.2 Å². The van der Waals surface area contributed by atoms with Gasteiger partial charge in [-0.25, -0.2) is 0 Å². The zero-order valence-corrected chi connectivity index (χ0v) is 8.06. The maximum Gasteiger partial charge on any atom is 0.0903 e. The van der Waals surface area contributed by atoms with Crippen LogP contribution in [0.5, 0.6) is 0 Å². The molecule has 1 saturated heterocycles. The van der Waals surface area contributed by atoms with Crippen LogP contribution in [0.25, 0.3) is 0 Å². The van der Waals surface area contributed by atoms with Gasteiger partial charge in [0.05, 0.1) is 18.8 Å². The molecule has 0 spiro atoms. The van der Waals surface area contributed by atoms with Gasteiger partial charge in [-0.2, -0.15) is 0 Å². The molecule has 72 valence electrons. The van der Waals surface area contributed by atoms with E-state index in [9.17, 15) is 0 Å². The molecule has 0 aromatic carbocycles. The first kappa shape index (κ1) is 9.96. The van der Waals surface area contributed by atoms with Gasteiger partial charge in [-0.15, -0.1) is 0 Å². The summed E-state index contributed by atoms with van der Waals surface area (Å²) in [6.45, 7) is 8.48. The predicted octanol–water partition coefficient (Wildman–Crippen LogP) is 0.792. The molecule has 0 radical (unpaired) electrons. The van der Waals surface area contributed by atoms with Crippen LogP contribution in [0, 0.1) is 0 Å². The van der Waals surface area contributed by atoms with Crippen LogP contribution in [-0.4, -0.2) is 38.5 Å².